The van der Waals surface area contributed by atoms with Gasteiger partial charge in [0, 0.05) is 6.42 Å². The van der Waals surface area contributed by atoms with Crippen LogP contribution in [0.1, 0.15) is 12.6 Å². The number of halogens is 1. The topological polar surface area (TPSA) is 140 Å². The second kappa shape index (κ2) is 5.69. The molecule has 3 rings (SSSR count). The van der Waals surface area contributed by atoms with Crippen LogP contribution in [-0.2, 0) is 4.74 Å². The zero-order valence-corrected chi connectivity index (χ0v) is 12.8. The first kappa shape index (κ1) is 16.1. The lowest BCUT2D eigenvalue weighted by atomic mass is 9.90. The maximum Gasteiger partial charge on any atom is 0.223 e. The van der Waals surface area contributed by atoms with Gasteiger partial charge in [0.1, 0.15) is 23.3 Å². The number of rotatable bonds is 4. The van der Waals surface area contributed by atoms with E-state index in [1.807, 2.05) is 0 Å². The van der Waals surface area contributed by atoms with Gasteiger partial charge in [-0.15, -0.1) is 6.58 Å². The Morgan fingerprint density at radius 2 is 2.26 bits per heavy atom. The Kier molecular flexibility index (Phi) is 3.98. The summed E-state index contributed by atoms with van der Waals surface area (Å²) in [7, 11) is 0. The summed E-state index contributed by atoms with van der Waals surface area (Å²) in [6.07, 6.45) is -0.490. The molecule has 5 N–H and O–H groups in total. The monoisotopic (exact) mass is 341 g/mol. The van der Waals surface area contributed by atoms with Crippen molar-refractivity contribution in [1.29, 1.82) is 0 Å². The van der Waals surface area contributed by atoms with Crippen molar-refractivity contribution in [2.24, 2.45) is 0 Å². The van der Waals surface area contributed by atoms with Gasteiger partial charge in [-0.3, -0.25) is 4.57 Å². The highest BCUT2D eigenvalue weighted by atomic mass is 35.5. The number of ether oxygens (including phenoxy) is 1. The molecule has 4 atom stereocenters. The maximum absolute atomic E-state index is 10.9. The Balaban J connectivity index is 2.14. The minimum Gasteiger partial charge on any atom is -0.394 e. The molecule has 0 aromatic carbocycles. The normalized spacial score (nSPS) is 30.9. The van der Waals surface area contributed by atoms with Crippen molar-refractivity contribution < 1.29 is 20.1 Å². The van der Waals surface area contributed by atoms with E-state index in [2.05, 4.69) is 21.5 Å². The number of fused-ring (bicyclic) bond motifs is 1. The number of aliphatic hydroxyl groups is 3. The highest BCUT2D eigenvalue weighted by Crippen LogP contribution is 2.42. The standard InChI is InChI=1S/C13H16ClN5O4/c1-2-3-13(22)8(21)6(4-20)23-11(13)19-5-16-7-9(14)17-12(15)18-10(7)19/h2,5-6,8,11,20-22H,1,3-4H2,(H2,15,17,18)/t6-,8-,11?,13-/m0/s1. The highest BCUT2D eigenvalue weighted by molar-refractivity contribution is 6.33. The summed E-state index contributed by atoms with van der Waals surface area (Å²) in [6.45, 7) is 3.12. The van der Waals surface area contributed by atoms with Crippen LogP contribution in [0.15, 0.2) is 19.0 Å². The lowest BCUT2D eigenvalue weighted by Gasteiger charge is -2.30. The van der Waals surface area contributed by atoms with Crippen molar-refractivity contribution >= 4 is 28.7 Å². The molecule has 0 radical (unpaired) electrons. The molecule has 3 heterocycles. The molecule has 1 fully saturated rings. The fourth-order valence-corrected chi connectivity index (χ4v) is 3.02. The number of nitrogens with zero attached hydrogens (tertiary/aromatic N) is 4. The zero-order valence-electron chi connectivity index (χ0n) is 12.0. The van der Waals surface area contributed by atoms with Crippen LogP contribution in [0.2, 0.25) is 5.15 Å². The van der Waals surface area contributed by atoms with Gasteiger partial charge in [-0.1, -0.05) is 17.7 Å². The number of anilines is 1. The first-order chi connectivity index (χ1) is 10.9. The Hall–Kier alpha value is -1.78. The van der Waals surface area contributed by atoms with E-state index in [0.717, 1.165) is 0 Å². The van der Waals surface area contributed by atoms with Gasteiger partial charge in [0.05, 0.1) is 12.9 Å². The molecule has 2 aromatic rings. The largest absolute Gasteiger partial charge is 0.394 e. The van der Waals surface area contributed by atoms with Crippen molar-refractivity contribution in [2.75, 3.05) is 12.3 Å². The van der Waals surface area contributed by atoms with Gasteiger partial charge in [0.2, 0.25) is 5.95 Å². The van der Waals surface area contributed by atoms with Gasteiger partial charge in [0.25, 0.3) is 0 Å². The number of nitrogens with two attached hydrogens (primary N) is 1. The molecule has 9 nitrogen and oxygen atoms in total. The van der Waals surface area contributed by atoms with Gasteiger partial charge >= 0.3 is 0 Å². The molecule has 124 valence electrons. The smallest absolute Gasteiger partial charge is 0.223 e. The summed E-state index contributed by atoms with van der Waals surface area (Å²) in [4.78, 5) is 12.0. The molecular weight excluding hydrogens is 326 g/mol. The second-order valence-corrected chi connectivity index (χ2v) is 5.69. The summed E-state index contributed by atoms with van der Waals surface area (Å²) in [6, 6.07) is 0. The van der Waals surface area contributed by atoms with Crippen LogP contribution in [0.3, 0.4) is 0 Å². The first-order valence-corrected chi connectivity index (χ1v) is 7.23. The second-order valence-electron chi connectivity index (χ2n) is 5.34. The van der Waals surface area contributed by atoms with Crippen molar-refractivity contribution in [3.63, 3.8) is 0 Å². The van der Waals surface area contributed by atoms with Crippen molar-refractivity contribution in [3.05, 3.63) is 24.1 Å². The molecule has 0 bridgehead atoms. The number of nitrogen functional groups attached to an aromatic ring is 1. The van der Waals surface area contributed by atoms with E-state index in [0.29, 0.717) is 0 Å². The third-order valence-corrected chi connectivity index (χ3v) is 4.16. The van der Waals surface area contributed by atoms with E-state index in [4.69, 9.17) is 22.1 Å². The Morgan fingerprint density at radius 3 is 2.91 bits per heavy atom. The predicted molar refractivity (Wildman–Crippen MR) is 81.5 cm³/mol. The van der Waals surface area contributed by atoms with E-state index in [9.17, 15) is 15.3 Å². The molecule has 1 aliphatic heterocycles. The fraction of sp³-hybridized carbons (Fsp3) is 0.462. The first-order valence-electron chi connectivity index (χ1n) is 6.85. The number of hydrogen-bond acceptors (Lipinski definition) is 8. The minimum atomic E-state index is -1.71. The van der Waals surface area contributed by atoms with Crippen LogP contribution in [0.25, 0.3) is 11.2 Å². The van der Waals surface area contributed by atoms with E-state index in [1.165, 1.54) is 17.0 Å². The Morgan fingerprint density at radius 1 is 1.52 bits per heavy atom. The quantitative estimate of drug-likeness (QED) is 0.436. The lowest BCUT2D eigenvalue weighted by molar-refractivity contribution is -0.105. The van der Waals surface area contributed by atoms with Gasteiger partial charge in [-0.2, -0.15) is 9.97 Å². The summed E-state index contributed by atoms with van der Waals surface area (Å²) in [5, 5.41) is 30.6. The Labute approximate surface area is 136 Å². The van der Waals surface area contributed by atoms with Gasteiger partial charge < -0.3 is 25.8 Å². The molecule has 10 heteroatoms. The number of hydrogen-bond donors (Lipinski definition) is 4. The van der Waals surface area contributed by atoms with Gasteiger partial charge in [0.15, 0.2) is 17.0 Å². The fourth-order valence-electron chi connectivity index (χ4n) is 2.80. The number of aliphatic hydroxyl groups excluding tert-OH is 2. The SMILES string of the molecule is C=CC[C@@]1(O)C(n2cnc3c(Cl)nc(N)nc32)O[C@@H](CO)[C@@H]1O. The molecular formula is C13H16ClN5O4. The maximum atomic E-state index is 10.9. The third-order valence-electron chi connectivity index (χ3n) is 3.90. The molecule has 0 saturated carbocycles. The van der Waals surface area contributed by atoms with Crippen molar-refractivity contribution in [2.45, 2.75) is 30.5 Å². The average Bonchev–Trinajstić information content (AvgIpc) is 3.01. The van der Waals surface area contributed by atoms with Crippen molar-refractivity contribution in [1.82, 2.24) is 19.5 Å². The minimum absolute atomic E-state index is 0.0311. The Bertz CT molecular complexity index is 753. The lowest BCUT2D eigenvalue weighted by Crippen LogP contribution is -2.46. The van der Waals surface area contributed by atoms with E-state index in [-0.39, 0.29) is 28.7 Å². The zero-order chi connectivity index (χ0) is 16.8. The molecule has 1 saturated heterocycles. The van der Waals surface area contributed by atoms with E-state index in [1.54, 1.807) is 0 Å². The molecule has 0 amide bonds. The molecule has 23 heavy (non-hydrogen) atoms. The molecule has 0 spiro atoms. The van der Waals surface area contributed by atoms with E-state index < -0.39 is 30.6 Å². The van der Waals surface area contributed by atoms with Crippen LogP contribution >= 0.6 is 11.6 Å². The van der Waals surface area contributed by atoms with Crippen LogP contribution in [0.4, 0.5) is 5.95 Å². The van der Waals surface area contributed by atoms with Gasteiger partial charge in [-0.05, 0) is 0 Å². The third kappa shape index (κ3) is 2.37. The highest BCUT2D eigenvalue weighted by Gasteiger charge is 2.55. The predicted octanol–water partition coefficient (Wildman–Crippen LogP) is -0.380. The molecule has 0 aliphatic carbocycles. The van der Waals surface area contributed by atoms with E-state index >= 15 is 0 Å². The van der Waals surface area contributed by atoms with Crippen LogP contribution in [-0.4, -0.2) is 59.3 Å². The summed E-state index contributed by atoms with van der Waals surface area (Å²) in [5.74, 6) is -0.0613. The summed E-state index contributed by atoms with van der Waals surface area (Å²) < 4.78 is 7.01. The van der Waals surface area contributed by atoms with Crippen LogP contribution < -0.4 is 5.73 Å². The number of imidazole rings is 1. The summed E-state index contributed by atoms with van der Waals surface area (Å²) >= 11 is 5.98. The van der Waals surface area contributed by atoms with Gasteiger partial charge in [-0.25, -0.2) is 4.98 Å². The number of aromatic nitrogens is 4. The molecule has 1 aliphatic rings. The van der Waals surface area contributed by atoms with Crippen molar-refractivity contribution in [3.8, 4) is 0 Å². The summed E-state index contributed by atoms with van der Waals surface area (Å²) in [5.41, 5.74) is 4.42. The van der Waals surface area contributed by atoms with Crippen LogP contribution in [0.5, 0.6) is 0 Å². The molecule has 1 unspecified atom stereocenters. The molecule has 2 aromatic heterocycles. The average molecular weight is 342 g/mol. The van der Waals surface area contributed by atoms with Crippen LogP contribution in [0, 0.1) is 0 Å².